The molecule has 0 heterocycles. The first-order valence-corrected chi connectivity index (χ1v) is 16.4. The van der Waals surface area contributed by atoms with Gasteiger partial charge in [-0.15, -0.1) is 69.1 Å². The molecule has 234 valence electrons. The molecule has 0 aliphatic heterocycles. The maximum Gasteiger partial charge on any atom is 4.00 e. The van der Waals surface area contributed by atoms with Gasteiger partial charge in [-0.2, -0.15) is 12.1 Å². The van der Waals surface area contributed by atoms with Gasteiger partial charge in [0.05, 0.1) is 0 Å². The minimum absolute atomic E-state index is 0. The molecule has 0 amide bonds. The molecule has 2 radical (unpaired) electrons. The first kappa shape index (κ1) is 38.1. The van der Waals surface area contributed by atoms with Gasteiger partial charge < -0.3 is 14.9 Å². The van der Waals surface area contributed by atoms with E-state index in [1.54, 1.807) is 0 Å². The summed E-state index contributed by atoms with van der Waals surface area (Å²) in [7, 11) is 0.777. The van der Waals surface area contributed by atoms with Crippen LogP contribution in [0.5, 0.6) is 0 Å². The minimum Gasteiger partial charge on any atom is -0.358 e. The first-order chi connectivity index (χ1) is 22.1. The Kier molecular flexibility index (Phi) is 15.0. The number of hydrogen-bond donors (Lipinski definition) is 0. The van der Waals surface area contributed by atoms with Gasteiger partial charge in [-0.05, 0) is 11.1 Å². The fraction of sp³-hybridized carbons (Fsp3) is 0.0435. The van der Waals surface area contributed by atoms with Gasteiger partial charge in [0.15, 0.2) is 0 Å². The Morgan fingerprint density at radius 2 is 0.729 bits per heavy atom. The smallest absolute Gasteiger partial charge is 0.358 e. The van der Waals surface area contributed by atoms with Crippen molar-refractivity contribution in [2.75, 3.05) is 0 Å². The summed E-state index contributed by atoms with van der Waals surface area (Å²) in [6, 6.07) is 64.3. The summed E-state index contributed by atoms with van der Waals surface area (Å²) >= 11 is 0. The van der Waals surface area contributed by atoms with E-state index in [2.05, 4.69) is 196 Å². The van der Waals surface area contributed by atoms with Gasteiger partial charge >= 0.3 is 26.2 Å². The van der Waals surface area contributed by atoms with Crippen molar-refractivity contribution in [3.8, 4) is 22.3 Å². The van der Waals surface area contributed by atoms with E-state index in [1.165, 1.54) is 65.3 Å². The summed E-state index contributed by atoms with van der Waals surface area (Å²) < 4.78 is 0. The fourth-order valence-corrected chi connectivity index (χ4v) is 6.77. The molecular formula is C46H42SiZr. The van der Waals surface area contributed by atoms with Crippen molar-refractivity contribution in [1.82, 2.24) is 0 Å². The zero-order valence-corrected chi connectivity index (χ0v) is 31.8. The van der Waals surface area contributed by atoms with E-state index >= 15 is 0 Å². The molecule has 0 bridgehead atoms. The van der Waals surface area contributed by atoms with Gasteiger partial charge in [-0.25, -0.2) is 0 Å². The van der Waals surface area contributed by atoms with Crippen LogP contribution < -0.4 is 10.4 Å². The fourth-order valence-electron chi connectivity index (χ4n) is 5.72. The topological polar surface area (TPSA) is 0 Å². The third kappa shape index (κ3) is 9.83. The minimum atomic E-state index is 0. The molecule has 0 aliphatic carbocycles. The van der Waals surface area contributed by atoms with Crippen molar-refractivity contribution in [3.63, 3.8) is 0 Å². The van der Waals surface area contributed by atoms with Crippen LogP contribution in [0, 0.1) is 28.7 Å². The molecule has 0 spiro atoms. The van der Waals surface area contributed by atoms with Crippen LogP contribution in [0.1, 0.15) is 11.1 Å². The first-order valence-electron chi connectivity index (χ1n) is 15.4. The molecule has 2 heteroatoms. The Labute approximate surface area is 309 Å². The molecule has 8 aromatic carbocycles. The van der Waals surface area contributed by atoms with Crippen molar-refractivity contribution in [3.05, 3.63) is 208 Å². The van der Waals surface area contributed by atoms with E-state index in [9.17, 15) is 0 Å². The van der Waals surface area contributed by atoms with Gasteiger partial charge in [-0.1, -0.05) is 169 Å². The number of rotatable bonds is 4. The average molecular weight is 714 g/mol. The molecule has 0 nitrogen and oxygen atoms in total. The van der Waals surface area contributed by atoms with Gasteiger partial charge in [0.2, 0.25) is 0 Å². The molecule has 0 N–H and O–H groups in total. The summed E-state index contributed by atoms with van der Waals surface area (Å²) in [6.45, 7) is 4.30. The summed E-state index contributed by atoms with van der Waals surface area (Å²) in [4.78, 5) is 0. The molecule has 48 heavy (non-hydrogen) atoms. The average Bonchev–Trinajstić information content (AvgIpc) is 3.68. The standard InChI is InChI=1S/2C16H13.C12H10Si.2CH3.Zr/c2*1-12-10-14-8-5-9-15(16(14)11-12)13-6-3-2-4-7-13;1-3-7-11(8-4-1)13-12-9-5-2-6-10-12;;;/h2*2-11H,1H3;1-10H;2*1H3;/q2*-1;;2*-1;+4. The van der Waals surface area contributed by atoms with Crippen LogP contribution in [0.4, 0.5) is 0 Å². The summed E-state index contributed by atoms with van der Waals surface area (Å²) in [6.07, 6.45) is 0. The molecule has 0 saturated heterocycles. The van der Waals surface area contributed by atoms with E-state index in [4.69, 9.17) is 0 Å². The Bertz CT molecular complexity index is 1920. The van der Waals surface area contributed by atoms with Gasteiger partial charge in [0.1, 0.15) is 9.52 Å². The molecule has 0 aromatic heterocycles. The van der Waals surface area contributed by atoms with E-state index in [0.717, 1.165) is 9.52 Å². The van der Waals surface area contributed by atoms with Crippen LogP contribution >= 0.6 is 0 Å². The van der Waals surface area contributed by atoms with E-state index in [-0.39, 0.29) is 41.1 Å². The SMILES string of the molecule is Cc1cc2c(-c3ccccc3)cccc2[cH-]1.Cc1cc2c(-c3ccccc3)cccc2[cH-]1.[CH3-].[CH3-].[Zr+4].c1ccc([Si]c2ccccc2)cc1. The normalized spacial score (nSPS) is 9.88. The van der Waals surface area contributed by atoms with Crippen LogP contribution in [0.15, 0.2) is 182 Å². The Morgan fingerprint density at radius 3 is 1.08 bits per heavy atom. The van der Waals surface area contributed by atoms with Crippen molar-refractivity contribution in [2.45, 2.75) is 13.8 Å². The zero-order valence-electron chi connectivity index (χ0n) is 28.3. The second kappa shape index (κ2) is 18.8. The Morgan fingerprint density at radius 1 is 0.396 bits per heavy atom. The molecule has 8 rings (SSSR count). The summed E-state index contributed by atoms with van der Waals surface area (Å²) in [5.74, 6) is 0. The van der Waals surface area contributed by atoms with Crippen molar-refractivity contribution in [2.24, 2.45) is 0 Å². The number of fused-ring (bicyclic) bond motifs is 2. The molecule has 0 atom stereocenters. The largest absolute Gasteiger partial charge is 4.00 e. The summed E-state index contributed by atoms with van der Waals surface area (Å²) in [5.41, 5.74) is 7.89. The second-order valence-corrected chi connectivity index (χ2v) is 12.7. The number of aryl methyl sites for hydroxylation is 2. The van der Waals surface area contributed by atoms with Crippen LogP contribution in [-0.4, -0.2) is 9.52 Å². The predicted octanol–water partition coefficient (Wildman–Crippen LogP) is 11.3. The van der Waals surface area contributed by atoms with Crippen molar-refractivity contribution in [1.29, 1.82) is 0 Å². The van der Waals surface area contributed by atoms with E-state index in [1.807, 2.05) is 0 Å². The maximum atomic E-state index is 2.26. The van der Waals surface area contributed by atoms with Gasteiger partial charge in [0, 0.05) is 0 Å². The maximum absolute atomic E-state index is 2.26. The molecule has 0 unspecified atom stereocenters. The molecule has 0 aliphatic rings. The second-order valence-electron chi connectivity index (χ2n) is 11.3. The van der Waals surface area contributed by atoms with E-state index in [0.29, 0.717) is 0 Å². The van der Waals surface area contributed by atoms with Crippen molar-refractivity contribution < 1.29 is 26.2 Å². The third-order valence-corrected chi connectivity index (χ3v) is 9.04. The molecule has 0 saturated carbocycles. The van der Waals surface area contributed by atoms with Crippen LogP contribution in [-0.2, 0) is 26.2 Å². The van der Waals surface area contributed by atoms with E-state index < -0.39 is 0 Å². The van der Waals surface area contributed by atoms with Crippen LogP contribution in [0.3, 0.4) is 0 Å². The van der Waals surface area contributed by atoms with Crippen LogP contribution in [0.2, 0.25) is 0 Å². The van der Waals surface area contributed by atoms with Gasteiger partial charge in [0.25, 0.3) is 0 Å². The Balaban J connectivity index is 0.000000191. The molecule has 0 fully saturated rings. The van der Waals surface area contributed by atoms with Crippen LogP contribution in [0.25, 0.3) is 43.8 Å². The van der Waals surface area contributed by atoms with Gasteiger partial charge in [-0.3, -0.25) is 0 Å². The monoisotopic (exact) mass is 712 g/mol. The van der Waals surface area contributed by atoms with Crippen molar-refractivity contribution >= 4 is 41.4 Å². The molecule has 8 aromatic rings. The number of benzene rings is 6. The third-order valence-electron chi connectivity index (χ3n) is 7.80. The summed E-state index contributed by atoms with van der Waals surface area (Å²) in [5, 5.41) is 8.16. The molecular weight excluding hydrogens is 672 g/mol. The number of hydrogen-bond acceptors (Lipinski definition) is 0. The predicted molar refractivity (Wildman–Crippen MR) is 210 cm³/mol. The quantitative estimate of drug-likeness (QED) is 0.126. The Hall–Kier alpha value is -4.36. The zero-order chi connectivity index (χ0) is 30.8.